The zero-order valence-electron chi connectivity index (χ0n) is 22.4. The Morgan fingerprint density at radius 2 is 2.00 bits per heavy atom. The zero-order valence-corrected chi connectivity index (χ0v) is 24.8. The van der Waals surface area contributed by atoms with Gasteiger partial charge in [0.25, 0.3) is 5.56 Å². The van der Waals surface area contributed by atoms with Crippen LogP contribution in [0.5, 0.6) is 11.5 Å². The number of methoxy groups -OCH3 is 1. The fourth-order valence-corrected chi connectivity index (χ4v) is 6.02. The molecule has 0 saturated heterocycles. The summed E-state index contributed by atoms with van der Waals surface area (Å²) in [7, 11) is 1.53. The van der Waals surface area contributed by atoms with Crippen LogP contribution >= 0.6 is 27.3 Å². The number of benzene rings is 2. The van der Waals surface area contributed by atoms with Crippen LogP contribution in [-0.2, 0) is 9.53 Å². The van der Waals surface area contributed by atoms with Gasteiger partial charge in [0.05, 0.1) is 40.0 Å². The zero-order chi connectivity index (χ0) is 28.3. The van der Waals surface area contributed by atoms with E-state index < -0.39 is 12.0 Å². The topological polar surface area (TPSA) is 79.1 Å². The van der Waals surface area contributed by atoms with Gasteiger partial charge in [-0.1, -0.05) is 55.4 Å². The highest BCUT2D eigenvalue weighted by atomic mass is 79.9. The highest BCUT2D eigenvalue weighted by molar-refractivity contribution is 9.10. The molecular formula is C30H29BrN2O5S. The summed E-state index contributed by atoms with van der Waals surface area (Å²) < 4.78 is 19.2. The third kappa shape index (κ3) is 5.72. The van der Waals surface area contributed by atoms with Gasteiger partial charge in [-0.15, -0.1) is 6.42 Å². The van der Waals surface area contributed by atoms with Crippen molar-refractivity contribution in [1.82, 2.24) is 4.57 Å². The van der Waals surface area contributed by atoms with Crippen LogP contribution in [0.15, 0.2) is 61.9 Å². The predicted octanol–water partition coefficient (Wildman–Crippen LogP) is 4.70. The Labute approximate surface area is 239 Å². The molecule has 1 aliphatic rings. The molecule has 0 bridgehead atoms. The summed E-state index contributed by atoms with van der Waals surface area (Å²) in [6.07, 6.45) is 7.10. The number of allylic oxidation sites excluding steroid dienone is 1. The SMILES string of the molecule is C#CCOc1c(Br)cc(/C=c2/sc3n(c2=O)[C@H](c2ccc(C(C)C)cc2)C(C(=O)OCC)=C(C)N=3)cc1OC. The van der Waals surface area contributed by atoms with Crippen LogP contribution in [0.1, 0.15) is 56.3 Å². The minimum absolute atomic E-state index is 0.0905. The standard InChI is InChI=1S/C30H29BrN2O5S/c1-7-13-38-27-22(31)14-19(15-23(27)36-6)16-24-28(34)33-26(21-11-9-20(10-12-21)17(3)4)25(29(35)37-8-2)18(5)32-30(33)39-24/h1,9-12,14-17,26H,8,13H2,2-6H3/b24-16+/t26-/m1/s1. The average molecular weight is 610 g/mol. The number of rotatable bonds is 8. The number of esters is 1. The van der Waals surface area contributed by atoms with Gasteiger partial charge in [-0.25, -0.2) is 9.79 Å². The van der Waals surface area contributed by atoms with Gasteiger partial charge in [0, 0.05) is 0 Å². The number of carbonyl (C=O) groups excluding carboxylic acids is 1. The number of carbonyl (C=O) groups is 1. The van der Waals surface area contributed by atoms with E-state index in [1.165, 1.54) is 24.0 Å². The number of hydrogen-bond acceptors (Lipinski definition) is 7. The lowest BCUT2D eigenvalue weighted by molar-refractivity contribution is -0.139. The van der Waals surface area contributed by atoms with Gasteiger partial charge >= 0.3 is 5.97 Å². The maximum Gasteiger partial charge on any atom is 0.338 e. The second-order valence-electron chi connectivity index (χ2n) is 9.15. The first-order valence-electron chi connectivity index (χ1n) is 12.4. The van der Waals surface area contributed by atoms with E-state index in [1.54, 1.807) is 30.6 Å². The summed E-state index contributed by atoms with van der Waals surface area (Å²) in [5.41, 5.74) is 3.32. The van der Waals surface area contributed by atoms with Crippen LogP contribution in [0.4, 0.5) is 0 Å². The van der Waals surface area contributed by atoms with Gasteiger partial charge in [0.1, 0.15) is 6.61 Å². The second-order valence-corrected chi connectivity index (χ2v) is 11.0. The van der Waals surface area contributed by atoms with E-state index in [-0.39, 0.29) is 18.8 Å². The monoisotopic (exact) mass is 608 g/mol. The predicted molar refractivity (Wildman–Crippen MR) is 156 cm³/mol. The first kappa shape index (κ1) is 28.4. The fraction of sp³-hybridized carbons (Fsp3) is 0.300. The molecule has 202 valence electrons. The Balaban J connectivity index is 1.90. The molecule has 39 heavy (non-hydrogen) atoms. The summed E-state index contributed by atoms with van der Waals surface area (Å²) in [6, 6.07) is 10.9. The van der Waals surface area contributed by atoms with Crippen molar-refractivity contribution in [2.24, 2.45) is 4.99 Å². The van der Waals surface area contributed by atoms with Crippen molar-refractivity contribution in [1.29, 1.82) is 0 Å². The summed E-state index contributed by atoms with van der Waals surface area (Å²) in [5.74, 6) is 3.26. The van der Waals surface area contributed by atoms with E-state index in [1.807, 2.05) is 30.3 Å². The number of halogens is 1. The second kappa shape index (κ2) is 12.1. The summed E-state index contributed by atoms with van der Waals surface area (Å²) in [6.45, 7) is 8.07. The smallest absolute Gasteiger partial charge is 0.338 e. The minimum atomic E-state index is -0.663. The van der Waals surface area contributed by atoms with Crippen molar-refractivity contribution in [3.63, 3.8) is 0 Å². The summed E-state index contributed by atoms with van der Waals surface area (Å²) in [5, 5.41) is 0. The van der Waals surface area contributed by atoms with Gasteiger partial charge in [-0.05, 0) is 70.6 Å². The fourth-order valence-electron chi connectivity index (χ4n) is 4.40. The molecule has 2 heterocycles. The summed E-state index contributed by atoms with van der Waals surface area (Å²) in [4.78, 5) is 32.1. The average Bonchev–Trinajstić information content (AvgIpc) is 3.21. The molecule has 1 aliphatic heterocycles. The molecule has 0 fully saturated rings. The van der Waals surface area contributed by atoms with E-state index in [4.69, 9.17) is 20.6 Å². The molecule has 0 N–H and O–H groups in total. The molecule has 4 rings (SSSR count). The number of thiazole rings is 1. The molecule has 3 aromatic rings. The maximum atomic E-state index is 13.9. The normalized spacial score (nSPS) is 15.0. The lowest BCUT2D eigenvalue weighted by Crippen LogP contribution is -2.39. The van der Waals surface area contributed by atoms with Crippen LogP contribution in [-0.4, -0.2) is 30.9 Å². The Morgan fingerprint density at radius 1 is 1.28 bits per heavy atom. The van der Waals surface area contributed by atoms with Crippen LogP contribution in [0, 0.1) is 12.3 Å². The first-order chi connectivity index (χ1) is 18.7. The third-order valence-electron chi connectivity index (χ3n) is 6.29. The third-order valence-corrected chi connectivity index (χ3v) is 7.86. The maximum absolute atomic E-state index is 13.9. The molecule has 0 radical (unpaired) electrons. The molecule has 9 heteroatoms. The lowest BCUT2D eigenvalue weighted by atomic mass is 9.93. The van der Waals surface area contributed by atoms with Gasteiger partial charge in [0.15, 0.2) is 16.3 Å². The van der Waals surface area contributed by atoms with E-state index in [9.17, 15) is 9.59 Å². The van der Waals surface area contributed by atoms with Crippen molar-refractivity contribution in [3.05, 3.63) is 88.5 Å². The number of aromatic nitrogens is 1. The molecule has 0 saturated carbocycles. The number of ether oxygens (including phenoxy) is 3. The molecule has 7 nitrogen and oxygen atoms in total. The van der Waals surface area contributed by atoms with Gasteiger partial charge in [-0.3, -0.25) is 9.36 Å². The van der Waals surface area contributed by atoms with Gasteiger partial charge in [-0.2, -0.15) is 0 Å². The molecule has 0 spiro atoms. The number of fused-ring (bicyclic) bond motifs is 1. The Bertz CT molecular complexity index is 1660. The molecule has 0 aliphatic carbocycles. The van der Waals surface area contributed by atoms with Crippen molar-refractivity contribution in [3.8, 4) is 23.8 Å². The van der Waals surface area contributed by atoms with Gasteiger partial charge in [0.2, 0.25) is 0 Å². The molecule has 1 atom stereocenters. The quantitative estimate of drug-likeness (QED) is 0.273. The molecule has 1 aromatic heterocycles. The number of hydrogen-bond donors (Lipinski definition) is 0. The Hall–Kier alpha value is -3.61. The summed E-state index contributed by atoms with van der Waals surface area (Å²) >= 11 is 4.77. The highest BCUT2D eigenvalue weighted by Crippen LogP contribution is 2.37. The van der Waals surface area contributed by atoms with E-state index >= 15 is 0 Å². The van der Waals surface area contributed by atoms with Crippen LogP contribution in [0.2, 0.25) is 0 Å². The van der Waals surface area contributed by atoms with Crippen LogP contribution in [0.3, 0.4) is 0 Å². The van der Waals surface area contributed by atoms with E-state index in [2.05, 4.69) is 40.7 Å². The molecule has 0 unspecified atom stereocenters. The van der Waals surface area contributed by atoms with Gasteiger partial charge < -0.3 is 14.2 Å². The van der Waals surface area contributed by atoms with E-state index in [0.717, 1.165) is 11.1 Å². The number of terminal acetylenes is 1. The minimum Gasteiger partial charge on any atom is -0.493 e. The first-order valence-corrected chi connectivity index (χ1v) is 14.0. The highest BCUT2D eigenvalue weighted by Gasteiger charge is 2.33. The molecule has 2 aromatic carbocycles. The molecular weight excluding hydrogens is 580 g/mol. The largest absolute Gasteiger partial charge is 0.493 e. The van der Waals surface area contributed by atoms with Crippen LogP contribution in [0.25, 0.3) is 6.08 Å². The van der Waals surface area contributed by atoms with Crippen molar-refractivity contribution in [2.75, 3.05) is 20.3 Å². The van der Waals surface area contributed by atoms with E-state index in [0.29, 0.717) is 42.5 Å². The number of nitrogens with zero attached hydrogens (tertiary/aromatic N) is 2. The Kier molecular flexibility index (Phi) is 8.78. The van der Waals surface area contributed by atoms with Crippen molar-refractivity contribution >= 4 is 39.3 Å². The Morgan fingerprint density at radius 3 is 2.62 bits per heavy atom. The van der Waals surface area contributed by atoms with Crippen molar-refractivity contribution < 1.29 is 19.0 Å². The van der Waals surface area contributed by atoms with Crippen LogP contribution < -0.4 is 24.4 Å². The lowest BCUT2D eigenvalue weighted by Gasteiger charge is -2.25. The molecule has 0 amide bonds. The van der Waals surface area contributed by atoms with Crippen molar-refractivity contribution in [2.45, 2.75) is 39.7 Å².